The largest absolute Gasteiger partial charge is 0.490 e. The Morgan fingerprint density at radius 3 is 1.69 bits per heavy atom. The molecule has 3 N–H and O–H groups in total. The zero-order valence-corrected chi connectivity index (χ0v) is 22.8. The fourth-order valence-electron chi connectivity index (χ4n) is 4.66. The van der Waals surface area contributed by atoms with Crippen LogP contribution in [0.5, 0.6) is 0 Å². The molecule has 0 amide bonds. The first-order valence-electron chi connectivity index (χ1n) is 13.2. The third-order valence-electron chi connectivity index (χ3n) is 6.80. The highest BCUT2D eigenvalue weighted by molar-refractivity contribution is 5.73. The van der Waals surface area contributed by atoms with Crippen LogP contribution in [-0.2, 0) is 16.1 Å². The van der Waals surface area contributed by atoms with E-state index >= 15 is 8.78 Å². The summed E-state index contributed by atoms with van der Waals surface area (Å²) >= 11 is 0. The molecule has 0 aliphatic carbocycles. The number of carbonyl (C=O) groups is 1. The minimum Gasteiger partial charge on any atom is -0.475 e. The average molecular weight is 592 g/mol. The second kappa shape index (κ2) is 13.8. The van der Waals surface area contributed by atoms with Crippen LogP contribution in [0.15, 0.2) is 48.6 Å². The molecule has 13 heteroatoms. The molecule has 0 unspecified atom stereocenters. The van der Waals surface area contributed by atoms with Gasteiger partial charge >= 0.3 is 12.1 Å². The Morgan fingerprint density at radius 1 is 0.905 bits per heavy atom. The van der Waals surface area contributed by atoms with E-state index in [2.05, 4.69) is 33.0 Å². The van der Waals surface area contributed by atoms with E-state index in [1.807, 2.05) is 12.1 Å². The van der Waals surface area contributed by atoms with Crippen LogP contribution in [0.25, 0.3) is 33.9 Å². The first kappa shape index (κ1) is 31.0. The molecule has 0 radical (unpaired) electrons. The number of hydrogen-bond donors (Lipinski definition) is 3. The quantitative estimate of drug-likeness (QED) is 0.335. The van der Waals surface area contributed by atoms with Gasteiger partial charge in [0.2, 0.25) is 0 Å². The Balaban J connectivity index is 0.000000517. The molecule has 0 bridgehead atoms. The first-order chi connectivity index (χ1) is 20.1. The number of aromatic nitrogens is 3. The molecule has 2 aromatic carbocycles. The highest BCUT2D eigenvalue weighted by Gasteiger charge is 2.38. The molecule has 5 rings (SSSR count). The molecule has 0 saturated heterocycles. The standard InChI is InChI=1S/C27H29F2N5O.C2HF3O2/c1-35-15-14-34-26(22-4-2-20(16-24(22)28)18-6-10-30-11-7-18)32-33-27(34)23-5-3-21(17-25(23)29)19-8-12-31-13-9-19;3-2(4,5)1(6)7/h2-6,8,16-17,30-31H,7,9-15H2,1H3;(H,6,7). The molecular formula is C29H30F5N5O3. The minimum absolute atomic E-state index is 0.329. The fourth-order valence-corrected chi connectivity index (χ4v) is 4.66. The topological polar surface area (TPSA) is 101 Å². The van der Waals surface area contributed by atoms with Crippen LogP contribution in [0.4, 0.5) is 22.0 Å². The second-order valence-corrected chi connectivity index (χ2v) is 9.55. The number of nitrogens with zero attached hydrogens (tertiary/aromatic N) is 3. The Bertz CT molecular complexity index is 1390. The number of alkyl halides is 3. The normalized spacial score (nSPS) is 15.4. The van der Waals surface area contributed by atoms with Crippen LogP contribution in [-0.4, -0.2) is 71.9 Å². The van der Waals surface area contributed by atoms with E-state index in [1.165, 1.54) is 0 Å². The summed E-state index contributed by atoms with van der Waals surface area (Å²) in [6, 6.07) is 10.4. The molecule has 1 aromatic heterocycles. The van der Waals surface area contributed by atoms with E-state index < -0.39 is 12.1 Å². The number of ether oxygens (including phenoxy) is 1. The molecule has 42 heavy (non-hydrogen) atoms. The van der Waals surface area contributed by atoms with E-state index in [-0.39, 0.29) is 11.6 Å². The lowest BCUT2D eigenvalue weighted by molar-refractivity contribution is -0.192. The van der Waals surface area contributed by atoms with E-state index in [0.29, 0.717) is 35.9 Å². The summed E-state index contributed by atoms with van der Waals surface area (Å²) < 4.78 is 69.3. The zero-order chi connectivity index (χ0) is 30.3. The highest BCUT2D eigenvalue weighted by atomic mass is 19.4. The van der Waals surface area contributed by atoms with E-state index in [4.69, 9.17) is 14.6 Å². The van der Waals surface area contributed by atoms with Crippen molar-refractivity contribution in [3.8, 4) is 22.8 Å². The maximum Gasteiger partial charge on any atom is 0.490 e. The second-order valence-electron chi connectivity index (χ2n) is 9.55. The Hall–Kier alpha value is -3.94. The van der Waals surface area contributed by atoms with Gasteiger partial charge in [-0.1, -0.05) is 24.3 Å². The van der Waals surface area contributed by atoms with Crippen LogP contribution >= 0.6 is 0 Å². The van der Waals surface area contributed by atoms with Gasteiger partial charge in [0.1, 0.15) is 11.6 Å². The van der Waals surface area contributed by atoms with Gasteiger partial charge in [0.05, 0.1) is 17.7 Å². The van der Waals surface area contributed by atoms with Crippen LogP contribution in [0.3, 0.4) is 0 Å². The summed E-state index contributed by atoms with van der Waals surface area (Å²) in [5.41, 5.74) is 4.64. The molecule has 2 aliphatic rings. The lowest BCUT2D eigenvalue weighted by atomic mass is 9.98. The predicted octanol–water partition coefficient (Wildman–Crippen LogP) is 4.92. The van der Waals surface area contributed by atoms with Gasteiger partial charge in [-0.15, -0.1) is 10.2 Å². The van der Waals surface area contributed by atoms with Crippen molar-refractivity contribution >= 4 is 17.1 Å². The molecule has 3 heterocycles. The number of aliphatic carboxylic acids is 1. The monoisotopic (exact) mass is 591 g/mol. The van der Waals surface area contributed by atoms with Gasteiger partial charge in [-0.2, -0.15) is 13.2 Å². The lowest BCUT2D eigenvalue weighted by Gasteiger charge is -2.16. The van der Waals surface area contributed by atoms with Gasteiger partial charge in [0, 0.05) is 26.7 Å². The Morgan fingerprint density at radius 2 is 1.36 bits per heavy atom. The van der Waals surface area contributed by atoms with E-state index in [0.717, 1.165) is 61.3 Å². The molecule has 0 saturated carbocycles. The number of nitrogens with one attached hydrogen (secondary N) is 2. The fraction of sp³-hybridized carbons (Fsp3) is 0.345. The van der Waals surface area contributed by atoms with Crippen molar-refractivity contribution in [2.45, 2.75) is 25.6 Å². The van der Waals surface area contributed by atoms with Crippen molar-refractivity contribution in [3.63, 3.8) is 0 Å². The number of hydrogen-bond acceptors (Lipinski definition) is 6. The third kappa shape index (κ3) is 7.46. The summed E-state index contributed by atoms with van der Waals surface area (Å²) in [5, 5.41) is 22.2. The number of carboxylic acid groups (broad SMARTS) is 1. The van der Waals surface area contributed by atoms with Gasteiger partial charge in [-0.3, -0.25) is 0 Å². The number of benzene rings is 2. The average Bonchev–Trinajstić information content (AvgIpc) is 3.39. The molecule has 0 atom stereocenters. The van der Waals surface area contributed by atoms with Gasteiger partial charge in [-0.05, 0) is 72.5 Å². The molecule has 0 fully saturated rings. The van der Waals surface area contributed by atoms with Gasteiger partial charge in [0.15, 0.2) is 11.6 Å². The number of halogens is 5. The summed E-state index contributed by atoms with van der Waals surface area (Å²) in [4.78, 5) is 8.90. The smallest absolute Gasteiger partial charge is 0.475 e. The van der Waals surface area contributed by atoms with Crippen molar-refractivity contribution < 1.29 is 36.6 Å². The van der Waals surface area contributed by atoms with Gasteiger partial charge in [0.25, 0.3) is 0 Å². The number of rotatable bonds is 7. The van der Waals surface area contributed by atoms with Crippen LogP contribution in [0.2, 0.25) is 0 Å². The molecule has 0 spiro atoms. The van der Waals surface area contributed by atoms with Gasteiger partial charge < -0.3 is 25.0 Å². The van der Waals surface area contributed by atoms with Crippen LogP contribution in [0.1, 0.15) is 24.0 Å². The molecule has 3 aromatic rings. The van der Waals surface area contributed by atoms with Crippen molar-refractivity contribution in [1.82, 2.24) is 25.4 Å². The zero-order valence-electron chi connectivity index (χ0n) is 22.8. The van der Waals surface area contributed by atoms with E-state index in [9.17, 15) is 13.2 Å². The van der Waals surface area contributed by atoms with Crippen LogP contribution < -0.4 is 10.6 Å². The van der Waals surface area contributed by atoms with Crippen molar-refractivity contribution in [2.75, 3.05) is 39.9 Å². The van der Waals surface area contributed by atoms with Crippen LogP contribution in [0, 0.1) is 11.6 Å². The lowest BCUT2D eigenvalue weighted by Crippen LogP contribution is -2.21. The maximum atomic E-state index is 15.3. The summed E-state index contributed by atoms with van der Waals surface area (Å²) in [7, 11) is 1.59. The molecule has 2 aliphatic heterocycles. The summed E-state index contributed by atoms with van der Waals surface area (Å²) in [5.74, 6) is -2.82. The van der Waals surface area contributed by atoms with Crippen molar-refractivity contribution in [3.05, 3.63) is 71.3 Å². The predicted molar refractivity (Wildman–Crippen MR) is 147 cm³/mol. The van der Waals surface area contributed by atoms with Gasteiger partial charge in [-0.25, -0.2) is 13.6 Å². The van der Waals surface area contributed by atoms with E-state index in [1.54, 1.807) is 35.9 Å². The molecular weight excluding hydrogens is 561 g/mol. The SMILES string of the molecule is COCCn1c(-c2ccc(C3=CCNCC3)cc2F)nnc1-c1ccc(C2=CCNCC2)cc1F.O=C(O)C(F)(F)F. The maximum absolute atomic E-state index is 15.3. The number of carboxylic acids is 1. The number of methoxy groups -OCH3 is 1. The summed E-state index contributed by atoms with van der Waals surface area (Å²) in [6.07, 6.45) is 0.804. The Labute approximate surface area is 238 Å². The first-order valence-corrected chi connectivity index (χ1v) is 13.2. The summed E-state index contributed by atoms with van der Waals surface area (Å²) in [6.45, 7) is 4.05. The molecule has 224 valence electrons. The minimum atomic E-state index is -5.08. The highest BCUT2D eigenvalue weighted by Crippen LogP contribution is 2.32. The molecule has 8 nitrogen and oxygen atoms in total. The van der Waals surface area contributed by atoms with Crippen molar-refractivity contribution in [1.29, 1.82) is 0 Å². The Kier molecular flexibility index (Phi) is 10.2. The van der Waals surface area contributed by atoms with Crippen molar-refractivity contribution in [2.24, 2.45) is 0 Å². The third-order valence-corrected chi connectivity index (χ3v) is 6.80.